The first-order chi connectivity index (χ1) is 16.6. The van der Waals surface area contributed by atoms with E-state index in [-0.39, 0.29) is 17.2 Å². The third-order valence-electron chi connectivity index (χ3n) is 5.09. The van der Waals surface area contributed by atoms with Crippen LogP contribution in [0.2, 0.25) is 15.1 Å². The van der Waals surface area contributed by atoms with Gasteiger partial charge in [0.1, 0.15) is 12.2 Å². The zero-order chi connectivity index (χ0) is 25.3. The van der Waals surface area contributed by atoms with E-state index in [1.54, 1.807) is 54.6 Å². The zero-order valence-corrected chi connectivity index (χ0v) is 21.9. The average molecular weight is 595 g/mol. The predicted molar refractivity (Wildman–Crippen MR) is 140 cm³/mol. The van der Waals surface area contributed by atoms with E-state index in [1.165, 1.54) is 6.08 Å². The fourth-order valence-corrected chi connectivity index (χ4v) is 4.65. The highest BCUT2D eigenvalue weighted by Crippen LogP contribution is 2.36. The summed E-state index contributed by atoms with van der Waals surface area (Å²) in [4.78, 5) is 38.8. The molecule has 1 saturated heterocycles. The molecule has 10 heteroatoms. The first kappa shape index (κ1) is 25.3. The van der Waals surface area contributed by atoms with Crippen molar-refractivity contribution in [2.75, 3.05) is 4.90 Å². The van der Waals surface area contributed by atoms with E-state index >= 15 is 0 Å². The van der Waals surface area contributed by atoms with Crippen LogP contribution >= 0.6 is 50.7 Å². The maximum absolute atomic E-state index is 13.1. The fraction of sp³-hybridized carbons (Fsp3) is 0.0800. The molecule has 35 heavy (non-hydrogen) atoms. The van der Waals surface area contributed by atoms with Gasteiger partial charge in [0.15, 0.2) is 5.75 Å². The number of barbiturate groups is 1. The lowest BCUT2D eigenvalue weighted by molar-refractivity contribution is -0.122. The summed E-state index contributed by atoms with van der Waals surface area (Å²) in [6, 6.07) is 14.3. The Hall–Kier alpha value is -2.84. The number of rotatable bonds is 5. The number of ether oxygens (including phenoxy) is 1. The number of benzene rings is 3. The van der Waals surface area contributed by atoms with Crippen molar-refractivity contribution in [1.82, 2.24) is 5.32 Å². The minimum absolute atomic E-state index is 0.185. The van der Waals surface area contributed by atoms with E-state index in [9.17, 15) is 14.4 Å². The van der Waals surface area contributed by atoms with Crippen molar-refractivity contribution in [2.45, 2.75) is 13.5 Å². The molecule has 0 bridgehead atoms. The molecule has 0 unspecified atom stereocenters. The summed E-state index contributed by atoms with van der Waals surface area (Å²) < 4.78 is 6.34. The van der Waals surface area contributed by atoms with Gasteiger partial charge in [0.2, 0.25) is 0 Å². The Morgan fingerprint density at radius 2 is 1.66 bits per heavy atom. The lowest BCUT2D eigenvalue weighted by Crippen LogP contribution is -2.54. The minimum Gasteiger partial charge on any atom is -0.486 e. The maximum Gasteiger partial charge on any atom is 0.335 e. The summed E-state index contributed by atoms with van der Waals surface area (Å²) in [6.45, 7) is 2.07. The molecular formula is C25H16BrCl3N2O4. The highest BCUT2D eigenvalue weighted by Gasteiger charge is 2.36. The predicted octanol–water partition coefficient (Wildman–Crippen LogP) is 6.96. The van der Waals surface area contributed by atoms with Crippen LogP contribution in [0, 0.1) is 6.92 Å². The number of halogens is 4. The SMILES string of the molecule is Cc1ccc(N2C(=O)NC(=O)/C(=C\c3cc(Cl)c(OCc4ccc(Cl)c(Cl)c4)c(Br)c3)C2=O)cc1. The number of carbonyl (C=O) groups is 3. The largest absolute Gasteiger partial charge is 0.486 e. The van der Waals surface area contributed by atoms with Gasteiger partial charge in [-0.15, -0.1) is 0 Å². The van der Waals surface area contributed by atoms with E-state index in [2.05, 4.69) is 21.2 Å². The van der Waals surface area contributed by atoms with Gasteiger partial charge in [-0.05, 0) is 76.5 Å². The number of imide groups is 2. The van der Waals surface area contributed by atoms with E-state index in [0.717, 1.165) is 16.0 Å². The first-order valence-corrected chi connectivity index (χ1v) is 12.1. The first-order valence-electron chi connectivity index (χ1n) is 10.2. The molecule has 1 aliphatic rings. The van der Waals surface area contributed by atoms with Gasteiger partial charge >= 0.3 is 6.03 Å². The molecule has 0 radical (unpaired) electrons. The Kier molecular flexibility index (Phi) is 7.52. The van der Waals surface area contributed by atoms with Gasteiger partial charge in [-0.2, -0.15) is 0 Å². The van der Waals surface area contributed by atoms with E-state index in [1.807, 2.05) is 6.92 Å². The summed E-state index contributed by atoms with van der Waals surface area (Å²) in [5.41, 5.74) is 2.35. The Bertz CT molecular complexity index is 1370. The van der Waals surface area contributed by atoms with Crippen LogP contribution in [-0.2, 0) is 16.2 Å². The summed E-state index contributed by atoms with van der Waals surface area (Å²) in [7, 11) is 0. The van der Waals surface area contributed by atoms with Gasteiger partial charge < -0.3 is 4.74 Å². The Balaban J connectivity index is 1.59. The second-order valence-electron chi connectivity index (χ2n) is 7.64. The molecule has 0 aliphatic carbocycles. The lowest BCUT2D eigenvalue weighted by Gasteiger charge is -2.26. The number of aryl methyl sites for hydroxylation is 1. The molecule has 3 aromatic carbocycles. The number of nitrogens with one attached hydrogen (secondary N) is 1. The zero-order valence-electron chi connectivity index (χ0n) is 18.1. The lowest BCUT2D eigenvalue weighted by atomic mass is 10.1. The van der Waals surface area contributed by atoms with Gasteiger partial charge in [0, 0.05) is 0 Å². The summed E-state index contributed by atoms with van der Waals surface area (Å²) >= 11 is 21.8. The van der Waals surface area contributed by atoms with Crippen LogP contribution in [0.1, 0.15) is 16.7 Å². The Morgan fingerprint density at radius 1 is 0.943 bits per heavy atom. The van der Waals surface area contributed by atoms with Crippen LogP contribution in [0.3, 0.4) is 0 Å². The third kappa shape index (κ3) is 5.54. The molecule has 0 spiro atoms. The molecule has 0 saturated carbocycles. The summed E-state index contributed by atoms with van der Waals surface area (Å²) in [6.07, 6.45) is 1.37. The van der Waals surface area contributed by atoms with Crippen LogP contribution in [0.15, 0.2) is 64.6 Å². The molecule has 178 valence electrons. The third-order valence-corrected chi connectivity index (χ3v) is 6.70. The van der Waals surface area contributed by atoms with Gasteiger partial charge in [0.25, 0.3) is 11.8 Å². The molecule has 1 fully saturated rings. The quantitative estimate of drug-likeness (QED) is 0.256. The van der Waals surface area contributed by atoms with Crippen molar-refractivity contribution in [3.05, 3.63) is 96.4 Å². The molecule has 3 aromatic rings. The van der Waals surface area contributed by atoms with Crippen molar-refractivity contribution in [3.8, 4) is 5.75 Å². The van der Waals surface area contributed by atoms with E-state index < -0.39 is 17.8 Å². The fourth-order valence-electron chi connectivity index (χ4n) is 3.34. The van der Waals surface area contributed by atoms with Crippen LogP contribution in [0.25, 0.3) is 6.08 Å². The molecule has 6 nitrogen and oxygen atoms in total. The number of amides is 4. The molecule has 1 N–H and O–H groups in total. The van der Waals surface area contributed by atoms with Crippen molar-refractivity contribution in [2.24, 2.45) is 0 Å². The minimum atomic E-state index is -0.814. The van der Waals surface area contributed by atoms with Crippen LogP contribution in [-0.4, -0.2) is 17.8 Å². The van der Waals surface area contributed by atoms with Crippen LogP contribution < -0.4 is 15.0 Å². The molecule has 4 amide bonds. The molecule has 4 rings (SSSR count). The molecule has 1 aliphatic heterocycles. The second kappa shape index (κ2) is 10.4. The summed E-state index contributed by atoms with van der Waals surface area (Å²) in [5.74, 6) is -1.17. The van der Waals surface area contributed by atoms with Gasteiger partial charge in [-0.3, -0.25) is 14.9 Å². The second-order valence-corrected chi connectivity index (χ2v) is 9.72. The van der Waals surface area contributed by atoms with Crippen molar-refractivity contribution in [3.63, 3.8) is 0 Å². The van der Waals surface area contributed by atoms with Gasteiger partial charge in [0.05, 0.1) is 25.2 Å². The highest BCUT2D eigenvalue weighted by atomic mass is 79.9. The standard InChI is InChI=1S/C25H16BrCl3N2O4/c1-13-2-5-16(6-3-13)31-24(33)17(23(32)30-25(31)34)8-15-9-18(26)22(21(29)11-15)35-12-14-4-7-19(27)20(28)10-14/h2-11H,12H2,1H3,(H,30,32,34)/b17-8+. The van der Waals surface area contributed by atoms with Crippen molar-refractivity contribution in [1.29, 1.82) is 0 Å². The number of hydrogen-bond acceptors (Lipinski definition) is 4. The number of anilines is 1. The maximum atomic E-state index is 13.1. The summed E-state index contributed by atoms with van der Waals surface area (Å²) in [5, 5.41) is 3.30. The monoisotopic (exact) mass is 592 g/mol. The average Bonchev–Trinajstić information content (AvgIpc) is 2.79. The van der Waals surface area contributed by atoms with Gasteiger partial charge in [-0.1, -0.05) is 58.6 Å². The highest BCUT2D eigenvalue weighted by molar-refractivity contribution is 9.10. The molecular weight excluding hydrogens is 579 g/mol. The van der Waals surface area contributed by atoms with E-state index in [4.69, 9.17) is 39.5 Å². The Morgan fingerprint density at radius 3 is 2.31 bits per heavy atom. The van der Waals surface area contributed by atoms with Crippen molar-refractivity contribution >= 4 is 80.3 Å². The molecule has 0 atom stereocenters. The number of carbonyl (C=O) groups excluding carboxylic acids is 3. The van der Waals surface area contributed by atoms with E-state index in [0.29, 0.717) is 31.5 Å². The normalized spacial score (nSPS) is 14.9. The topological polar surface area (TPSA) is 75.7 Å². The number of hydrogen-bond donors (Lipinski definition) is 1. The molecule has 1 heterocycles. The number of nitrogens with zero attached hydrogens (tertiary/aromatic N) is 1. The van der Waals surface area contributed by atoms with Crippen molar-refractivity contribution < 1.29 is 19.1 Å². The van der Waals surface area contributed by atoms with Crippen LogP contribution in [0.4, 0.5) is 10.5 Å². The Labute approximate surface area is 224 Å². The number of urea groups is 1. The van der Waals surface area contributed by atoms with Crippen LogP contribution in [0.5, 0.6) is 5.75 Å². The smallest absolute Gasteiger partial charge is 0.335 e. The molecule has 0 aromatic heterocycles. The van der Waals surface area contributed by atoms with Gasteiger partial charge in [-0.25, -0.2) is 9.69 Å².